The number of fused-ring (bicyclic) bond motifs is 12. The van der Waals surface area contributed by atoms with Gasteiger partial charge in [-0.2, -0.15) is 4.39 Å². The SMILES string of the molecule is CC12C=CC=CC1c1ccccc1C21c2ccccc2N(c2ccc(-c3ccccc3)cc2)c2cc(N(c3ccccc3)c3ccc4oc5cc(N(C6=C=C=C(F)C=C6)c6ccc(F)cc6)ccc5c4c3)ccc21. The largest absolute Gasteiger partial charge is 0.456 e. The minimum absolute atomic E-state index is 0.167. The molecule has 0 N–H and O–H groups in total. The third-order valence-corrected chi connectivity index (χ3v) is 15.7. The van der Waals surface area contributed by atoms with Crippen molar-refractivity contribution in [2.75, 3.05) is 14.7 Å². The Labute approximate surface area is 428 Å². The zero-order valence-electron chi connectivity index (χ0n) is 40.3. The van der Waals surface area contributed by atoms with Crippen LogP contribution in [0.1, 0.15) is 35.1 Å². The van der Waals surface area contributed by atoms with E-state index in [2.05, 4.69) is 222 Å². The van der Waals surface area contributed by atoms with Gasteiger partial charge in [0, 0.05) is 56.6 Å². The van der Waals surface area contributed by atoms with E-state index < -0.39 is 11.2 Å². The number of para-hydroxylation sites is 2. The molecule has 3 aliphatic carbocycles. The van der Waals surface area contributed by atoms with Crippen molar-refractivity contribution in [2.45, 2.75) is 18.3 Å². The van der Waals surface area contributed by atoms with E-state index in [9.17, 15) is 8.78 Å². The molecule has 74 heavy (non-hydrogen) atoms. The molecule has 9 aromatic carbocycles. The maximum atomic E-state index is 14.2. The molecule has 0 fully saturated rings. The van der Waals surface area contributed by atoms with Crippen LogP contribution in [0, 0.1) is 11.2 Å². The fourth-order valence-electron chi connectivity index (χ4n) is 12.5. The number of allylic oxidation sites excluding steroid dienone is 7. The Morgan fingerprint density at radius 2 is 1.15 bits per heavy atom. The van der Waals surface area contributed by atoms with Gasteiger partial charge >= 0.3 is 0 Å². The van der Waals surface area contributed by atoms with Gasteiger partial charge in [-0.3, -0.25) is 0 Å². The summed E-state index contributed by atoms with van der Waals surface area (Å²) in [6.07, 6.45) is 12.3. The maximum absolute atomic E-state index is 14.2. The van der Waals surface area contributed by atoms with Crippen molar-refractivity contribution >= 4 is 67.4 Å². The second-order valence-electron chi connectivity index (χ2n) is 19.6. The molecule has 6 heteroatoms. The topological polar surface area (TPSA) is 22.9 Å². The summed E-state index contributed by atoms with van der Waals surface area (Å²) in [5.74, 6) is -0.702. The molecule has 0 saturated heterocycles. The predicted molar refractivity (Wildman–Crippen MR) is 297 cm³/mol. The lowest BCUT2D eigenvalue weighted by Gasteiger charge is -2.52. The quantitative estimate of drug-likeness (QED) is 0.142. The zero-order valence-corrected chi connectivity index (χ0v) is 40.3. The molecule has 10 aromatic rings. The molecule has 3 unspecified atom stereocenters. The molecular formula is C68H45F2N3O. The second-order valence-corrected chi connectivity index (χ2v) is 19.6. The van der Waals surface area contributed by atoms with Crippen LogP contribution in [0.3, 0.4) is 0 Å². The summed E-state index contributed by atoms with van der Waals surface area (Å²) in [7, 11) is 0. The fraction of sp³-hybridized carbons (Fsp3) is 0.0588. The van der Waals surface area contributed by atoms with Gasteiger partial charge in [0.15, 0.2) is 5.83 Å². The normalized spacial score (nSPS) is 18.7. The third kappa shape index (κ3) is 6.53. The van der Waals surface area contributed by atoms with E-state index in [1.165, 1.54) is 46.0 Å². The van der Waals surface area contributed by atoms with E-state index in [0.29, 0.717) is 17.0 Å². The van der Waals surface area contributed by atoms with Crippen molar-refractivity contribution in [3.8, 4) is 11.1 Å². The van der Waals surface area contributed by atoms with Crippen molar-refractivity contribution in [1.82, 2.24) is 0 Å². The van der Waals surface area contributed by atoms with E-state index in [1.54, 1.807) is 18.2 Å². The highest BCUT2D eigenvalue weighted by atomic mass is 19.1. The summed E-state index contributed by atoms with van der Waals surface area (Å²) in [5.41, 5.74) is 21.8. The van der Waals surface area contributed by atoms with E-state index in [-0.39, 0.29) is 17.2 Å². The van der Waals surface area contributed by atoms with Crippen LogP contribution in [-0.4, -0.2) is 0 Å². The molecule has 1 spiro atoms. The van der Waals surface area contributed by atoms with Gasteiger partial charge in [0.2, 0.25) is 0 Å². The first kappa shape index (κ1) is 43.4. The molecule has 1 aromatic heterocycles. The first-order valence-corrected chi connectivity index (χ1v) is 25.0. The number of hydrogen-bond donors (Lipinski definition) is 0. The lowest BCUT2D eigenvalue weighted by Crippen LogP contribution is -2.47. The van der Waals surface area contributed by atoms with Gasteiger partial charge in [0.05, 0.1) is 28.2 Å². The first-order chi connectivity index (χ1) is 36.4. The highest BCUT2D eigenvalue weighted by Gasteiger charge is 2.63. The van der Waals surface area contributed by atoms with Gasteiger partial charge in [0.25, 0.3) is 0 Å². The van der Waals surface area contributed by atoms with Crippen molar-refractivity contribution in [3.05, 3.63) is 300 Å². The average Bonchev–Trinajstić information content (AvgIpc) is 4.14. The van der Waals surface area contributed by atoms with Gasteiger partial charge in [-0.1, -0.05) is 140 Å². The smallest absolute Gasteiger partial charge is 0.173 e. The zero-order chi connectivity index (χ0) is 49.5. The standard InChI is InChI=1S/C68H45F2N3O/c1-67-41-13-12-19-59(67)57-18-8-9-20-60(57)68(67)61-21-10-11-22-63(61)73(52-29-23-46(24-30-52)45-14-4-2-5-15-45)64-43-54(36-39-62(64)68)72(49-16-6-3-7-17-49)53-37-40-65-58(42-53)56-38-35-55(44-66(56)74-65)71(50-31-25-47(69)26-32-50)51-33-27-48(70)28-34-51/h2-27,29-33,35-44,59H,1H3. The molecule has 4 nitrogen and oxygen atoms in total. The molecule has 3 atom stereocenters. The highest BCUT2D eigenvalue weighted by molar-refractivity contribution is 6.08. The minimum Gasteiger partial charge on any atom is -0.456 e. The van der Waals surface area contributed by atoms with Crippen LogP contribution >= 0.6 is 0 Å². The van der Waals surface area contributed by atoms with Gasteiger partial charge in [0.1, 0.15) is 17.0 Å². The Kier molecular flexibility index (Phi) is 9.86. The van der Waals surface area contributed by atoms with Crippen molar-refractivity contribution in [1.29, 1.82) is 0 Å². The maximum Gasteiger partial charge on any atom is 0.173 e. The number of benzene rings is 9. The molecule has 2 heterocycles. The number of furan rings is 1. The summed E-state index contributed by atoms with van der Waals surface area (Å²) < 4.78 is 35.0. The Hall–Kier alpha value is -9.44. The van der Waals surface area contributed by atoms with Crippen molar-refractivity contribution < 1.29 is 13.2 Å². The van der Waals surface area contributed by atoms with E-state index >= 15 is 0 Å². The highest BCUT2D eigenvalue weighted by Crippen LogP contribution is 2.71. The van der Waals surface area contributed by atoms with Gasteiger partial charge < -0.3 is 19.1 Å². The Balaban J connectivity index is 0.961. The lowest BCUT2D eigenvalue weighted by atomic mass is 9.53. The molecule has 0 bridgehead atoms. The van der Waals surface area contributed by atoms with Gasteiger partial charge in [-0.15, -0.1) is 0 Å². The number of nitrogens with zero attached hydrogens (tertiary/aromatic N) is 3. The molecule has 4 aliphatic rings. The summed E-state index contributed by atoms with van der Waals surface area (Å²) in [4.78, 5) is 6.70. The summed E-state index contributed by atoms with van der Waals surface area (Å²) in [6.45, 7) is 2.46. The van der Waals surface area contributed by atoms with Gasteiger partial charge in [-0.25, -0.2) is 4.39 Å². The molecular weight excluding hydrogens is 913 g/mol. The summed E-state index contributed by atoms with van der Waals surface area (Å²) in [5, 5.41) is 1.88. The fourth-order valence-corrected chi connectivity index (χ4v) is 12.5. The van der Waals surface area contributed by atoms with Crippen LogP contribution in [0.15, 0.2) is 276 Å². The van der Waals surface area contributed by atoms with Crippen molar-refractivity contribution in [2.24, 2.45) is 5.41 Å². The first-order valence-electron chi connectivity index (χ1n) is 25.0. The van der Waals surface area contributed by atoms with Crippen LogP contribution in [0.2, 0.25) is 0 Å². The predicted octanol–water partition coefficient (Wildman–Crippen LogP) is 18.4. The molecule has 0 radical (unpaired) electrons. The van der Waals surface area contributed by atoms with Crippen LogP contribution in [0.4, 0.5) is 54.3 Å². The number of rotatable bonds is 8. The second kappa shape index (κ2) is 16.8. The van der Waals surface area contributed by atoms with Crippen LogP contribution in [0.5, 0.6) is 0 Å². The third-order valence-electron chi connectivity index (χ3n) is 15.7. The summed E-state index contributed by atoms with van der Waals surface area (Å²) in [6, 6.07) is 73.9. The lowest BCUT2D eigenvalue weighted by molar-refractivity contribution is 0.287. The molecule has 0 saturated carbocycles. The monoisotopic (exact) mass is 957 g/mol. The van der Waals surface area contributed by atoms with E-state index in [0.717, 1.165) is 61.7 Å². The number of anilines is 8. The Bertz CT molecular complexity index is 4100. The number of halogens is 2. The Morgan fingerprint density at radius 3 is 1.95 bits per heavy atom. The average molecular weight is 958 g/mol. The molecule has 14 rings (SSSR count). The van der Waals surface area contributed by atoms with Crippen LogP contribution < -0.4 is 14.7 Å². The minimum atomic E-state index is -0.537. The Morgan fingerprint density at radius 1 is 0.500 bits per heavy atom. The van der Waals surface area contributed by atoms with E-state index in [4.69, 9.17) is 4.42 Å². The molecule has 0 amide bonds. The van der Waals surface area contributed by atoms with Gasteiger partial charge in [-0.05, 0) is 154 Å². The van der Waals surface area contributed by atoms with E-state index in [1.807, 2.05) is 23.1 Å². The van der Waals surface area contributed by atoms with Crippen molar-refractivity contribution in [3.63, 3.8) is 0 Å². The summed E-state index contributed by atoms with van der Waals surface area (Å²) >= 11 is 0. The van der Waals surface area contributed by atoms with Crippen LogP contribution in [-0.2, 0) is 5.41 Å². The molecule has 352 valence electrons. The molecule has 1 aliphatic heterocycles. The number of hydrogen-bond acceptors (Lipinski definition) is 4. The van der Waals surface area contributed by atoms with Crippen LogP contribution in [0.25, 0.3) is 33.1 Å².